The van der Waals surface area contributed by atoms with Gasteiger partial charge in [-0.25, -0.2) is 0 Å². The first kappa shape index (κ1) is 14.5. The molecule has 2 heteroatoms. The summed E-state index contributed by atoms with van der Waals surface area (Å²) >= 11 is 0. The van der Waals surface area contributed by atoms with Gasteiger partial charge in [-0.05, 0) is 43.4 Å². The molecule has 0 radical (unpaired) electrons. The van der Waals surface area contributed by atoms with Gasteiger partial charge in [0.1, 0.15) is 0 Å². The third kappa shape index (κ3) is 3.62. The zero-order valence-corrected chi connectivity index (χ0v) is 13.0. The Morgan fingerprint density at radius 3 is 2.67 bits per heavy atom. The highest BCUT2D eigenvalue weighted by molar-refractivity contribution is 5.81. The maximum Gasteiger partial charge on any atom is 0.0705 e. The lowest BCUT2D eigenvalue weighted by Crippen LogP contribution is -2.33. The third-order valence-corrected chi connectivity index (χ3v) is 4.96. The van der Waals surface area contributed by atoms with E-state index in [0.717, 1.165) is 18.0 Å². The molecule has 1 fully saturated rings. The van der Waals surface area contributed by atoms with Crippen LogP contribution in [-0.2, 0) is 6.54 Å². The Kier molecular flexibility index (Phi) is 4.87. The zero-order valence-electron chi connectivity index (χ0n) is 13.0. The molecule has 2 nitrogen and oxygen atoms in total. The van der Waals surface area contributed by atoms with Crippen LogP contribution in [0, 0.1) is 5.92 Å². The van der Waals surface area contributed by atoms with Gasteiger partial charge < -0.3 is 5.32 Å². The molecule has 1 aromatic heterocycles. The number of benzene rings is 1. The highest BCUT2D eigenvalue weighted by Crippen LogP contribution is 2.26. The summed E-state index contributed by atoms with van der Waals surface area (Å²) in [5.74, 6) is 0.848. The molecule has 0 unspecified atom stereocenters. The number of rotatable bonds is 4. The third-order valence-electron chi connectivity index (χ3n) is 4.96. The predicted octanol–water partition coefficient (Wildman–Crippen LogP) is 4.68. The number of hydrogen-bond donors (Lipinski definition) is 1. The van der Waals surface area contributed by atoms with E-state index in [-0.39, 0.29) is 0 Å². The second-order valence-corrected chi connectivity index (χ2v) is 6.41. The Hall–Kier alpha value is -1.41. The topological polar surface area (TPSA) is 24.9 Å². The van der Waals surface area contributed by atoms with Crippen molar-refractivity contribution < 1.29 is 0 Å². The molecule has 1 aromatic carbocycles. The number of fused-ring (bicyclic) bond motifs is 1. The van der Waals surface area contributed by atoms with Gasteiger partial charge in [0.15, 0.2) is 0 Å². The van der Waals surface area contributed by atoms with Gasteiger partial charge >= 0.3 is 0 Å². The van der Waals surface area contributed by atoms with Crippen LogP contribution in [0.3, 0.4) is 0 Å². The number of aromatic nitrogens is 1. The van der Waals surface area contributed by atoms with E-state index in [4.69, 9.17) is 0 Å². The molecule has 1 aliphatic carbocycles. The Balaban J connectivity index is 1.65. The minimum atomic E-state index is 0.607. The summed E-state index contributed by atoms with van der Waals surface area (Å²) in [5.41, 5.74) is 2.46. The van der Waals surface area contributed by atoms with E-state index in [2.05, 4.69) is 47.6 Å². The van der Waals surface area contributed by atoms with Gasteiger partial charge in [0, 0.05) is 24.2 Å². The second-order valence-electron chi connectivity index (χ2n) is 6.41. The van der Waals surface area contributed by atoms with Crippen molar-refractivity contribution in [2.24, 2.45) is 5.92 Å². The fourth-order valence-electron chi connectivity index (χ4n) is 3.56. The maximum absolute atomic E-state index is 4.44. The Morgan fingerprint density at radius 1 is 1.10 bits per heavy atom. The smallest absolute Gasteiger partial charge is 0.0705 e. The van der Waals surface area contributed by atoms with E-state index in [0.29, 0.717) is 6.04 Å². The lowest BCUT2D eigenvalue weighted by Gasteiger charge is -2.24. The van der Waals surface area contributed by atoms with Gasteiger partial charge in [0.25, 0.3) is 0 Å². The molecule has 0 amide bonds. The molecular formula is C19H26N2. The highest BCUT2D eigenvalue weighted by atomic mass is 14.9. The van der Waals surface area contributed by atoms with Gasteiger partial charge in [-0.1, -0.05) is 43.9 Å². The minimum absolute atomic E-state index is 0.607. The van der Waals surface area contributed by atoms with E-state index >= 15 is 0 Å². The van der Waals surface area contributed by atoms with Crippen molar-refractivity contribution in [2.45, 2.75) is 58.0 Å². The molecule has 0 bridgehead atoms. The molecule has 0 saturated heterocycles. The van der Waals surface area contributed by atoms with Crippen molar-refractivity contribution in [2.75, 3.05) is 0 Å². The normalized spacial score (nSPS) is 18.5. The Labute approximate surface area is 128 Å². The SMILES string of the molecule is C[C@@H](NCc1ccnc2ccccc12)C1CCCCCC1. The Bertz CT molecular complexity index is 565. The molecule has 21 heavy (non-hydrogen) atoms. The van der Waals surface area contributed by atoms with Crippen molar-refractivity contribution in [3.8, 4) is 0 Å². The van der Waals surface area contributed by atoms with Gasteiger partial charge in [-0.2, -0.15) is 0 Å². The summed E-state index contributed by atoms with van der Waals surface area (Å²) in [6, 6.07) is 11.2. The lowest BCUT2D eigenvalue weighted by atomic mass is 9.93. The number of hydrogen-bond acceptors (Lipinski definition) is 2. The molecule has 3 rings (SSSR count). The molecule has 1 N–H and O–H groups in total. The van der Waals surface area contributed by atoms with E-state index in [1.807, 2.05) is 6.20 Å². The van der Waals surface area contributed by atoms with Gasteiger partial charge in [0.05, 0.1) is 5.52 Å². The van der Waals surface area contributed by atoms with Crippen LogP contribution in [0.2, 0.25) is 0 Å². The molecule has 0 aliphatic heterocycles. The molecule has 1 atom stereocenters. The summed E-state index contributed by atoms with van der Waals surface area (Å²) in [5, 5.41) is 5.04. The molecule has 1 heterocycles. The minimum Gasteiger partial charge on any atom is -0.310 e. The number of nitrogens with one attached hydrogen (secondary N) is 1. The molecule has 112 valence electrons. The molecule has 2 aromatic rings. The fourth-order valence-corrected chi connectivity index (χ4v) is 3.56. The predicted molar refractivity (Wildman–Crippen MR) is 89.2 cm³/mol. The standard InChI is InChI=1S/C19H26N2/c1-15(16-8-4-2-3-5-9-16)21-14-17-12-13-20-19-11-7-6-10-18(17)19/h6-7,10-13,15-16,21H,2-5,8-9,14H2,1H3/t15-/m1/s1. The first-order chi connectivity index (χ1) is 10.3. The lowest BCUT2D eigenvalue weighted by molar-refractivity contribution is 0.337. The number of para-hydroxylation sites is 1. The zero-order chi connectivity index (χ0) is 14.5. The van der Waals surface area contributed by atoms with Gasteiger partial charge in [0.2, 0.25) is 0 Å². The maximum atomic E-state index is 4.44. The molecular weight excluding hydrogens is 256 g/mol. The monoisotopic (exact) mass is 282 g/mol. The van der Waals surface area contributed by atoms with Gasteiger partial charge in [-0.3, -0.25) is 4.98 Å². The summed E-state index contributed by atoms with van der Waals surface area (Å²) in [7, 11) is 0. The highest BCUT2D eigenvalue weighted by Gasteiger charge is 2.18. The van der Waals surface area contributed by atoms with Crippen LogP contribution in [-0.4, -0.2) is 11.0 Å². The van der Waals surface area contributed by atoms with E-state index in [1.165, 1.54) is 49.5 Å². The van der Waals surface area contributed by atoms with Gasteiger partial charge in [-0.15, -0.1) is 0 Å². The second kappa shape index (κ2) is 7.04. The van der Waals surface area contributed by atoms with Crippen molar-refractivity contribution in [1.29, 1.82) is 0 Å². The van der Waals surface area contributed by atoms with Crippen LogP contribution in [0.4, 0.5) is 0 Å². The van der Waals surface area contributed by atoms with E-state index in [9.17, 15) is 0 Å². The van der Waals surface area contributed by atoms with Crippen LogP contribution in [0.1, 0.15) is 51.0 Å². The Morgan fingerprint density at radius 2 is 1.86 bits per heavy atom. The van der Waals surface area contributed by atoms with Crippen molar-refractivity contribution >= 4 is 10.9 Å². The fraction of sp³-hybridized carbons (Fsp3) is 0.526. The first-order valence-electron chi connectivity index (χ1n) is 8.40. The van der Waals surface area contributed by atoms with Crippen LogP contribution in [0.15, 0.2) is 36.5 Å². The number of pyridine rings is 1. The summed E-state index contributed by atoms with van der Waals surface area (Å²) < 4.78 is 0. The average Bonchev–Trinajstić information content (AvgIpc) is 2.82. The van der Waals surface area contributed by atoms with Crippen molar-refractivity contribution in [3.05, 3.63) is 42.1 Å². The molecule has 1 aliphatic rings. The number of nitrogens with zero attached hydrogens (tertiary/aromatic N) is 1. The van der Waals surface area contributed by atoms with Crippen LogP contribution < -0.4 is 5.32 Å². The largest absolute Gasteiger partial charge is 0.310 e. The van der Waals surface area contributed by atoms with Crippen LogP contribution in [0.25, 0.3) is 10.9 Å². The quantitative estimate of drug-likeness (QED) is 0.823. The van der Waals surface area contributed by atoms with Crippen molar-refractivity contribution in [1.82, 2.24) is 10.3 Å². The average molecular weight is 282 g/mol. The van der Waals surface area contributed by atoms with E-state index < -0.39 is 0 Å². The summed E-state index contributed by atoms with van der Waals surface area (Å²) in [6.07, 6.45) is 10.4. The summed E-state index contributed by atoms with van der Waals surface area (Å²) in [6.45, 7) is 3.31. The van der Waals surface area contributed by atoms with E-state index in [1.54, 1.807) is 0 Å². The molecule has 1 saturated carbocycles. The first-order valence-corrected chi connectivity index (χ1v) is 8.40. The summed E-state index contributed by atoms with van der Waals surface area (Å²) in [4.78, 5) is 4.44. The van der Waals surface area contributed by atoms with Crippen molar-refractivity contribution in [3.63, 3.8) is 0 Å². The van der Waals surface area contributed by atoms with Crippen LogP contribution in [0.5, 0.6) is 0 Å². The van der Waals surface area contributed by atoms with Crippen LogP contribution >= 0.6 is 0 Å². The molecule has 0 spiro atoms.